The van der Waals surface area contributed by atoms with Crippen LogP contribution >= 0.6 is 0 Å². The number of para-hydroxylation sites is 1. The Kier molecular flexibility index (Phi) is 3.78. The van der Waals surface area contributed by atoms with Crippen LogP contribution in [0.25, 0.3) is 0 Å². The third-order valence-electron chi connectivity index (χ3n) is 6.79. The van der Waals surface area contributed by atoms with Crippen LogP contribution in [0.5, 0.6) is 5.75 Å². The summed E-state index contributed by atoms with van der Waals surface area (Å²) in [5.74, 6) is 1.39. The zero-order valence-electron chi connectivity index (χ0n) is 15.3. The van der Waals surface area contributed by atoms with Gasteiger partial charge in [0, 0.05) is 37.9 Å². The number of likely N-dealkylation sites (tertiary alicyclic amines) is 1. The molecular formula is C21H24N2O4. The number of hydrogen-bond donors (Lipinski definition) is 1. The molecule has 2 aliphatic heterocycles. The number of benzene rings is 1. The summed E-state index contributed by atoms with van der Waals surface area (Å²) < 4.78 is 6.33. The van der Waals surface area contributed by atoms with E-state index in [9.17, 15) is 14.4 Å². The lowest BCUT2D eigenvalue weighted by Gasteiger charge is -2.37. The van der Waals surface area contributed by atoms with E-state index in [-0.39, 0.29) is 29.4 Å². The molecule has 1 saturated heterocycles. The summed E-state index contributed by atoms with van der Waals surface area (Å²) >= 11 is 0. The van der Waals surface area contributed by atoms with Crippen LogP contribution in [0, 0.1) is 17.8 Å². The minimum Gasteiger partial charge on any atom is -0.486 e. The maximum Gasteiger partial charge on any atom is 0.223 e. The van der Waals surface area contributed by atoms with Crippen molar-refractivity contribution in [1.29, 1.82) is 0 Å². The van der Waals surface area contributed by atoms with Crippen LogP contribution in [-0.2, 0) is 9.59 Å². The molecule has 0 radical (unpaired) electrons. The van der Waals surface area contributed by atoms with Crippen LogP contribution < -0.4 is 10.1 Å². The van der Waals surface area contributed by atoms with Gasteiger partial charge in [0.05, 0.1) is 12.0 Å². The minimum absolute atomic E-state index is 0.0469. The molecule has 2 heterocycles. The number of carbonyl (C=O) groups excluding carboxylic acids is 3. The van der Waals surface area contributed by atoms with Crippen molar-refractivity contribution in [3.63, 3.8) is 0 Å². The lowest BCUT2D eigenvalue weighted by molar-refractivity contribution is -0.128. The van der Waals surface area contributed by atoms with Gasteiger partial charge < -0.3 is 15.0 Å². The lowest BCUT2D eigenvalue weighted by atomic mass is 9.84. The second kappa shape index (κ2) is 6.08. The highest BCUT2D eigenvalue weighted by molar-refractivity contribution is 6.00. The molecular weight excluding hydrogens is 344 g/mol. The monoisotopic (exact) mass is 368 g/mol. The van der Waals surface area contributed by atoms with Crippen molar-refractivity contribution in [1.82, 2.24) is 10.2 Å². The number of ketones is 1. The number of amides is 2. The Morgan fingerprint density at radius 2 is 2.15 bits per heavy atom. The van der Waals surface area contributed by atoms with Crippen LogP contribution in [-0.4, -0.2) is 47.7 Å². The lowest BCUT2D eigenvalue weighted by Crippen LogP contribution is -2.45. The Labute approximate surface area is 158 Å². The maximum atomic E-state index is 12.7. The average Bonchev–Trinajstić information content (AvgIpc) is 3.12. The first kappa shape index (κ1) is 16.8. The number of fused-ring (bicyclic) bond motifs is 3. The number of rotatable bonds is 4. The molecule has 1 N–H and O–H groups in total. The molecule has 6 nitrogen and oxygen atoms in total. The molecule has 2 aliphatic carbocycles. The standard InChI is InChI=1S/C21H24N2O4/c24-15-12-21(27-16-5-2-1-4-13(15)16)8-7-14-18(19(14)21)20(26)22-9-11-23-10-3-6-17(23)25/h1-2,4-5,14,18-19H,3,6-12H2,(H,22,26)/t14-,18-,19+,21+/m1/s1. The molecule has 0 unspecified atom stereocenters. The summed E-state index contributed by atoms with van der Waals surface area (Å²) in [6.07, 6.45) is 3.68. The zero-order valence-corrected chi connectivity index (χ0v) is 15.3. The number of nitrogens with zero attached hydrogens (tertiary/aromatic N) is 1. The number of ether oxygens (including phenoxy) is 1. The molecule has 0 bridgehead atoms. The summed E-state index contributed by atoms with van der Waals surface area (Å²) in [7, 11) is 0. The Morgan fingerprint density at radius 1 is 1.30 bits per heavy atom. The van der Waals surface area contributed by atoms with Crippen molar-refractivity contribution in [2.75, 3.05) is 19.6 Å². The van der Waals surface area contributed by atoms with E-state index in [0.29, 0.717) is 43.2 Å². The van der Waals surface area contributed by atoms with E-state index in [1.807, 2.05) is 29.2 Å². The predicted octanol–water partition coefficient (Wildman–Crippen LogP) is 1.79. The third-order valence-corrected chi connectivity index (χ3v) is 6.79. The summed E-state index contributed by atoms with van der Waals surface area (Å²) in [5, 5.41) is 3.00. The Bertz CT molecular complexity index is 822. The number of carbonyl (C=O) groups is 3. The molecule has 27 heavy (non-hydrogen) atoms. The van der Waals surface area contributed by atoms with Gasteiger partial charge in [0.1, 0.15) is 11.4 Å². The fourth-order valence-electron chi connectivity index (χ4n) is 5.49. The average molecular weight is 368 g/mol. The second-order valence-corrected chi connectivity index (χ2v) is 8.29. The van der Waals surface area contributed by atoms with E-state index in [2.05, 4.69) is 5.32 Å². The number of Topliss-reactive ketones (excluding diaryl/α,β-unsaturated/α-hetero) is 1. The summed E-state index contributed by atoms with van der Waals surface area (Å²) in [5.41, 5.74) is 0.145. The van der Waals surface area contributed by atoms with Gasteiger partial charge in [-0.3, -0.25) is 14.4 Å². The van der Waals surface area contributed by atoms with Crippen molar-refractivity contribution in [2.24, 2.45) is 17.8 Å². The van der Waals surface area contributed by atoms with Crippen molar-refractivity contribution in [3.05, 3.63) is 29.8 Å². The molecule has 142 valence electrons. The quantitative estimate of drug-likeness (QED) is 0.879. The second-order valence-electron chi connectivity index (χ2n) is 8.29. The first-order valence-corrected chi connectivity index (χ1v) is 9.96. The highest BCUT2D eigenvalue weighted by Gasteiger charge is 2.70. The minimum atomic E-state index is -0.511. The van der Waals surface area contributed by atoms with Gasteiger partial charge in [-0.05, 0) is 37.3 Å². The van der Waals surface area contributed by atoms with Gasteiger partial charge >= 0.3 is 0 Å². The maximum absolute atomic E-state index is 12.7. The van der Waals surface area contributed by atoms with E-state index in [1.165, 1.54) is 0 Å². The van der Waals surface area contributed by atoms with E-state index < -0.39 is 5.60 Å². The van der Waals surface area contributed by atoms with Crippen LogP contribution in [0.2, 0.25) is 0 Å². The van der Waals surface area contributed by atoms with Crippen molar-refractivity contribution in [2.45, 2.75) is 37.7 Å². The van der Waals surface area contributed by atoms with E-state index in [0.717, 1.165) is 25.8 Å². The van der Waals surface area contributed by atoms with Crippen LogP contribution in [0.3, 0.4) is 0 Å². The van der Waals surface area contributed by atoms with Gasteiger partial charge in [0.25, 0.3) is 0 Å². The zero-order chi connectivity index (χ0) is 18.6. The van der Waals surface area contributed by atoms with Crippen LogP contribution in [0.15, 0.2) is 24.3 Å². The normalized spacial score (nSPS) is 33.6. The van der Waals surface area contributed by atoms with Gasteiger partial charge in [0.2, 0.25) is 11.8 Å². The SMILES string of the molecule is O=C1C[C@]2(CC[C@@H]3[C@@H](C(=O)NCCN4CCCC4=O)[C@H]32)Oc2ccccc21. The predicted molar refractivity (Wildman–Crippen MR) is 97.3 cm³/mol. The smallest absolute Gasteiger partial charge is 0.223 e. The number of nitrogens with one attached hydrogen (secondary N) is 1. The summed E-state index contributed by atoms with van der Waals surface area (Å²) in [6, 6.07) is 7.40. The van der Waals surface area contributed by atoms with Crippen LogP contribution in [0.4, 0.5) is 0 Å². The molecule has 3 fully saturated rings. The van der Waals surface area contributed by atoms with Gasteiger partial charge in [-0.1, -0.05) is 12.1 Å². The fourth-order valence-corrected chi connectivity index (χ4v) is 5.49. The summed E-state index contributed by atoms with van der Waals surface area (Å²) in [4.78, 5) is 38.8. The Balaban J connectivity index is 1.23. The topological polar surface area (TPSA) is 75.7 Å². The van der Waals surface area contributed by atoms with E-state index in [1.54, 1.807) is 0 Å². The van der Waals surface area contributed by atoms with Gasteiger partial charge in [-0.15, -0.1) is 0 Å². The van der Waals surface area contributed by atoms with Crippen molar-refractivity contribution in [3.8, 4) is 5.75 Å². The third kappa shape index (κ3) is 2.65. The molecule has 4 aliphatic rings. The van der Waals surface area contributed by atoms with Gasteiger partial charge in [-0.25, -0.2) is 0 Å². The Hall–Kier alpha value is -2.37. The molecule has 1 aromatic carbocycles. The highest BCUT2D eigenvalue weighted by Crippen LogP contribution is 2.65. The molecule has 1 spiro atoms. The fraction of sp³-hybridized carbons (Fsp3) is 0.571. The van der Waals surface area contributed by atoms with Gasteiger partial charge in [0.15, 0.2) is 5.78 Å². The Morgan fingerprint density at radius 3 is 2.96 bits per heavy atom. The van der Waals surface area contributed by atoms with E-state index in [4.69, 9.17) is 4.74 Å². The molecule has 2 saturated carbocycles. The highest BCUT2D eigenvalue weighted by atomic mass is 16.5. The van der Waals surface area contributed by atoms with E-state index >= 15 is 0 Å². The molecule has 4 atom stereocenters. The van der Waals surface area contributed by atoms with Crippen LogP contribution in [0.1, 0.15) is 42.5 Å². The molecule has 1 aromatic rings. The van der Waals surface area contributed by atoms with Crippen molar-refractivity contribution >= 4 is 17.6 Å². The first-order chi connectivity index (χ1) is 13.1. The molecule has 0 aromatic heterocycles. The molecule has 5 rings (SSSR count). The number of hydrogen-bond acceptors (Lipinski definition) is 4. The molecule has 2 amide bonds. The summed E-state index contributed by atoms with van der Waals surface area (Å²) in [6.45, 7) is 1.87. The first-order valence-electron chi connectivity index (χ1n) is 9.96. The largest absolute Gasteiger partial charge is 0.486 e. The van der Waals surface area contributed by atoms with Gasteiger partial charge in [-0.2, -0.15) is 0 Å². The molecule has 6 heteroatoms. The van der Waals surface area contributed by atoms with Crippen molar-refractivity contribution < 1.29 is 19.1 Å².